The van der Waals surface area contributed by atoms with Crippen molar-refractivity contribution in [2.24, 2.45) is 0 Å². The zero-order chi connectivity index (χ0) is 11.6. The van der Waals surface area contributed by atoms with Crippen LogP contribution in [-0.4, -0.2) is 18.1 Å². The summed E-state index contributed by atoms with van der Waals surface area (Å²) in [5, 5.41) is 0. The molecule has 0 aromatic carbocycles. The summed E-state index contributed by atoms with van der Waals surface area (Å²) in [6.45, 7) is 0. The number of pyridine rings is 1. The summed E-state index contributed by atoms with van der Waals surface area (Å²) in [6.07, 6.45) is -3.01. The van der Waals surface area contributed by atoms with Crippen LogP contribution >= 0.6 is 22.6 Å². The molecule has 1 aromatic rings. The van der Waals surface area contributed by atoms with Gasteiger partial charge in [0.1, 0.15) is 9.39 Å². The molecule has 1 aromatic heterocycles. The molecule has 0 radical (unpaired) electrons. The fraction of sp³-hybridized carbons (Fsp3) is 0.250. The van der Waals surface area contributed by atoms with Crippen LogP contribution in [0.4, 0.5) is 13.2 Å². The van der Waals surface area contributed by atoms with E-state index in [1.807, 2.05) is 0 Å². The average Bonchev–Trinajstić information content (AvgIpc) is 2.19. The van der Waals surface area contributed by atoms with Gasteiger partial charge in [0.25, 0.3) is 6.43 Å². The molecular formula is C8H5F3INO2. The molecule has 0 aliphatic carbocycles. The van der Waals surface area contributed by atoms with Gasteiger partial charge in [0.05, 0.1) is 12.7 Å². The second-order valence-electron chi connectivity index (χ2n) is 2.49. The van der Waals surface area contributed by atoms with Crippen LogP contribution in [0.15, 0.2) is 6.07 Å². The van der Waals surface area contributed by atoms with Crippen LogP contribution in [0.1, 0.15) is 22.5 Å². The van der Waals surface area contributed by atoms with E-state index >= 15 is 0 Å². The number of hydrogen-bond donors (Lipinski definition) is 0. The van der Waals surface area contributed by atoms with Crippen molar-refractivity contribution in [3.8, 4) is 0 Å². The monoisotopic (exact) mass is 331 g/mol. The summed E-state index contributed by atoms with van der Waals surface area (Å²) in [5.41, 5.74) is -1.13. The van der Waals surface area contributed by atoms with E-state index in [1.165, 1.54) is 0 Å². The Morgan fingerprint density at radius 3 is 2.67 bits per heavy atom. The number of hydrogen-bond acceptors (Lipinski definition) is 3. The van der Waals surface area contributed by atoms with Gasteiger partial charge in [-0.15, -0.1) is 0 Å². The predicted molar refractivity (Wildman–Crippen MR) is 53.2 cm³/mol. The fourth-order valence-electron chi connectivity index (χ4n) is 0.886. The highest BCUT2D eigenvalue weighted by molar-refractivity contribution is 14.1. The van der Waals surface area contributed by atoms with Crippen molar-refractivity contribution in [2.45, 2.75) is 6.43 Å². The van der Waals surface area contributed by atoms with Crippen LogP contribution < -0.4 is 0 Å². The number of rotatable bonds is 2. The zero-order valence-electron chi connectivity index (χ0n) is 7.43. The van der Waals surface area contributed by atoms with Crippen molar-refractivity contribution in [2.75, 3.05) is 7.11 Å². The summed E-state index contributed by atoms with van der Waals surface area (Å²) >= 11 is 1.56. The molecule has 0 unspecified atom stereocenters. The summed E-state index contributed by atoms with van der Waals surface area (Å²) in [5.74, 6) is -2.03. The summed E-state index contributed by atoms with van der Waals surface area (Å²) in [7, 11) is 1.11. The lowest BCUT2D eigenvalue weighted by Crippen LogP contribution is -2.09. The minimum Gasteiger partial charge on any atom is -0.465 e. The molecule has 15 heavy (non-hydrogen) atoms. The van der Waals surface area contributed by atoms with Crippen LogP contribution in [0.5, 0.6) is 0 Å². The van der Waals surface area contributed by atoms with E-state index in [9.17, 15) is 18.0 Å². The van der Waals surface area contributed by atoms with Gasteiger partial charge in [-0.2, -0.15) is 0 Å². The molecule has 82 valence electrons. The highest BCUT2D eigenvalue weighted by atomic mass is 127. The van der Waals surface area contributed by atoms with Crippen LogP contribution in [0.3, 0.4) is 0 Å². The second-order valence-corrected chi connectivity index (χ2v) is 3.51. The number of nitrogens with zero attached hydrogens (tertiary/aromatic N) is 1. The molecule has 0 N–H and O–H groups in total. The molecular weight excluding hydrogens is 326 g/mol. The summed E-state index contributed by atoms with van der Waals surface area (Å²) < 4.78 is 41.7. The molecule has 0 spiro atoms. The predicted octanol–water partition coefficient (Wildman–Crippen LogP) is 2.55. The van der Waals surface area contributed by atoms with Crippen molar-refractivity contribution >= 4 is 28.6 Å². The van der Waals surface area contributed by atoms with Gasteiger partial charge in [-0.05, 0) is 28.7 Å². The number of methoxy groups -OCH3 is 1. The summed E-state index contributed by atoms with van der Waals surface area (Å²) in [4.78, 5) is 14.3. The Morgan fingerprint density at radius 1 is 1.60 bits per heavy atom. The Hall–Kier alpha value is -0.860. The van der Waals surface area contributed by atoms with Crippen molar-refractivity contribution < 1.29 is 22.7 Å². The molecule has 0 atom stereocenters. The minimum absolute atomic E-state index is 0.0175. The van der Waals surface area contributed by atoms with E-state index in [2.05, 4.69) is 9.72 Å². The lowest BCUT2D eigenvalue weighted by molar-refractivity contribution is 0.0597. The van der Waals surface area contributed by atoms with E-state index in [0.29, 0.717) is 6.07 Å². The third-order valence-electron chi connectivity index (χ3n) is 1.57. The molecule has 7 heteroatoms. The first-order chi connectivity index (χ1) is 6.97. The van der Waals surface area contributed by atoms with Gasteiger partial charge in [0, 0.05) is 0 Å². The van der Waals surface area contributed by atoms with Gasteiger partial charge in [0.15, 0.2) is 5.82 Å². The van der Waals surface area contributed by atoms with Crippen molar-refractivity contribution in [3.05, 3.63) is 26.8 Å². The minimum atomic E-state index is -3.01. The number of aromatic nitrogens is 1. The topological polar surface area (TPSA) is 39.2 Å². The van der Waals surface area contributed by atoms with E-state index < -0.39 is 23.9 Å². The Balaban J connectivity index is 3.25. The van der Waals surface area contributed by atoms with Crippen molar-refractivity contribution in [3.63, 3.8) is 0 Å². The molecule has 0 aliphatic heterocycles. The van der Waals surface area contributed by atoms with E-state index in [4.69, 9.17) is 0 Å². The van der Waals surface area contributed by atoms with Gasteiger partial charge in [-0.1, -0.05) is 0 Å². The Bertz CT molecular complexity index is 398. The number of alkyl halides is 2. The van der Waals surface area contributed by atoms with E-state index in [0.717, 1.165) is 7.11 Å². The maximum atomic E-state index is 13.0. The molecule has 0 saturated carbocycles. The zero-order valence-corrected chi connectivity index (χ0v) is 9.59. The van der Waals surface area contributed by atoms with Crippen LogP contribution in [-0.2, 0) is 4.74 Å². The first kappa shape index (κ1) is 12.2. The lowest BCUT2D eigenvalue weighted by atomic mass is 10.2. The van der Waals surface area contributed by atoms with Gasteiger partial charge in [-0.3, -0.25) is 0 Å². The standard InChI is InChI=1S/C8H5F3INO2/c1-15-8(14)3-2-4(9)5(6(10)11)13-7(3)12/h2,6H,1H3. The Morgan fingerprint density at radius 2 is 2.20 bits per heavy atom. The molecule has 0 fully saturated rings. The number of ether oxygens (including phenoxy) is 1. The number of esters is 1. The molecule has 0 amide bonds. The molecule has 0 aliphatic rings. The highest BCUT2D eigenvalue weighted by Gasteiger charge is 2.21. The van der Waals surface area contributed by atoms with Gasteiger partial charge >= 0.3 is 5.97 Å². The normalized spacial score (nSPS) is 10.5. The van der Waals surface area contributed by atoms with Crippen LogP contribution in [0.2, 0.25) is 0 Å². The lowest BCUT2D eigenvalue weighted by Gasteiger charge is -2.05. The van der Waals surface area contributed by atoms with Crippen LogP contribution in [0.25, 0.3) is 0 Å². The SMILES string of the molecule is COC(=O)c1cc(F)c(C(F)F)nc1I. The largest absolute Gasteiger partial charge is 0.465 e. The Kier molecular flexibility index (Phi) is 3.89. The molecule has 1 rings (SSSR count). The number of carbonyl (C=O) groups is 1. The third-order valence-corrected chi connectivity index (χ3v) is 2.39. The smallest absolute Gasteiger partial charge is 0.340 e. The molecule has 1 heterocycles. The number of halogens is 4. The maximum absolute atomic E-state index is 13.0. The van der Waals surface area contributed by atoms with E-state index in [1.54, 1.807) is 22.6 Å². The molecule has 0 bridgehead atoms. The molecule has 0 saturated heterocycles. The first-order valence-corrected chi connectivity index (χ1v) is 4.77. The highest BCUT2D eigenvalue weighted by Crippen LogP contribution is 2.23. The van der Waals surface area contributed by atoms with Crippen molar-refractivity contribution in [1.29, 1.82) is 0 Å². The third kappa shape index (κ3) is 2.58. The first-order valence-electron chi connectivity index (χ1n) is 3.69. The van der Waals surface area contributed by atoms with E-state index in [-0.39, 0.29) is 9.26 Å². The average molecular weight is 331 g/mol. The fourth-order valence-corrected chi connectivity index (χ4v) is 1.52. The van der Waals surface area contributed by atoms with Gasteiger partial charge < -0.3 is 4.74 Å². The van der Waals surface area contributed by atoms with Gasteiger partial charge in [-0.25, -0.2) is 22.9 Å². The van der Waals surface area contributed by atoms with Crippen LogP contribution in [0, 0.1) is 9.52 Å². The maximum Gasteiger partial charge on any atom is 0.340 e. The summed E-state index contributed by atoms with van der Waals surface area (Å²) in [6, 6.07) is 0.697. The molecule has 3 nitrogen and oxygen atoms in total. The quantitative estimate of drug-likeness (QED) is 0.475. The van der Waals surface area contributed by atoms with Gasteiger partial charge in [0.2, 0.25) is 0 Å². The Labute approximate surface area is 96.8 Å². The second kappa shape index (κ2) is 4.77. The number of carbonyl (C=O) groups excluding carboxylic acids is 1. The van der Waals surface area contributed by atoms with Crippen molar-refractivity contribution in [1.82, 2.24) is 4.98 Å².